The van der Waals surface area contributed by atoms with E-state index in [0.29, 0.717) is 12.2 Å². The number of aryl methyl sites for hydroxylation is 1. The Morgan fingerprint density at radius 1 is 1.22 bits per heavy atom. The minimum atomic E-state index is -1.01. The van der Waals surface area contributed by atoms with Crippen molar-refractivity contribution in [2.45, 2.75) is 70.2 Å². The summed E-state index contributed by atoms with van der Waals surface area (Å²) in [5.41, 5.74) is 10.0. The van der Waals surface area contributed by atoms with Gasteiger partial charge in [0.1, 0.15) is 6.10 Å². The molecule has 0 aliphatic carbocycles. The molecule has 5 N–H and O–H groups in total. The van der Waals surface area contributed by atoms with E-state index in [1.165, 1.54) is 5.56 Å². The average molecular weight is 517 g/mol. The van der Waals surface area contributed by atoms with Crippen LogP contribution in [0.3, 0.4) is 0 Å². The lowest BCUT2D eigenvalue weighted by atomic mass is 9.90. The van der Waals surface area contributed by atoms with Crippen molar-refractivity contribution in [2.75, 3.05) is 24.7 Å². The lowest BCUT2D eigenvalue weighted by molar-refractivity contribution is -0.303. The molecule has 0 saturated carbocycles. The van der Waals surface area contributed by atoms with Crippen LogP contribution >= 0.6 is 11.8 Å². The van der Waals surface area contributed by atoms with Crippen LogP contribution in [-0.2, 0) is 9.47 Å². The Balaban J connectivity index is 1.48. The topological polar surface area (TPSA) is 114 Å². The van der Waals surface area contributed by atoms with Crippen LogP contribution in [0.5, 0.6) is 0 Å². The van der Waals surface area contributed by atoms with E-state index in [2.05, 4.69) is 36.5 Å². The molecule has 0 aromatic heterocycles. The van der Waals surface area contributed by atoms with Gasteiger partial charge < -0.3 is 30.7 Å². The molecule has 1 heterocycles. The molecule has 7 nitrogen and oxygen atoms in total. The summed E-state index contributed by atoms with van der Waals surface area (Å²) in [6.45, 7) is 6.69. The summed E-state index contributed by atoms with van der Waals surface area (Å²) in [4.78, 5) is 12.6. The predicted molar refractivity (Wildman–Crippen MR) is 145 cm³/mol. The van der Waals surface area contributed by atoms with E-state index >= 15 is 0 Å². The maximum absolute atomic E-state index is 12.6. The molecule has 0 bridgehead atoms. The van der Waals surface area contributed by atoms with Gasteiger partial charge in [0.2, 0.25) is 0 Å². The first-order valence-electron chi connectivity index (χ1n) is 12.7. The zero-order valence-corrected chi connectivity index (χ0v) is 22.3. The highest BCUT2D eigenvalue weighted by molar-refractivity contribution is 7.99. The van der Waals surface area contributed by atoms with Crippen LogP contribution in [0.2, 0.25) is 0 Å². The first kappa shape index (κ1) is 28.6. The number of hydrogen-bond donors (Lipinski definition) is 4. The fraction of sp³-hybridized carbons (Fsp3) is 0.536. The lowest BCUT2D eigenvalue weighted by Crippen LogP contribution is -2.61. The van der Waals surface area contributed by atoms with E-state index in [1.54, 1.807) is 19.1 Å². The van der Waals surface area contributed by atoms with E-state index in [9.17, 15) is 15.0 Å². The molecule has 198 valence electrons. The van der Waals surface area contributed by atoms with E-state index < -0.39 is 30.1 Å². The van der Waals surface area contributed by atoms with Gasteiger partial charge in [0.05, 0.1) is 24.9 Å². The standard InChI is InChI=1S/C28H40N2O5S/c1-4-36-17-5-16-34-28(3)18-24(32)25(29)26(35-28)23(31)14-15-30-27(33)22-12-10-21(11-13-22)20-8-6-19(2)7-9-20/h6-13,23-26,31-32H,4-5,14-18,29H2,1-3H3,(H,30,33)/t23?,24?,25-,26?,28+/m1/s1. The molecule has 2 aromatic carbocycles. The van der Waals surface area contributed by atoms with Crippen molar-refractivity contribution in [1.29, 1.82) is 0 Å². The van der Waals surface area contributed by atoms with Crippen LogP contribution in [0.15, 0.2) is 48.5 Å². The van der Waals surface area contributed by atoms with Gasteiger partial charge >= 0.3 is 0 Å². The summed E-state index contributed by atoms with van der Waals surface area (Å²) in [6, 6.07) is 14.9. The molecule has 5 atom stereocenters. The minimum absolute atomic E-state index is 0.218. The third-order valence-electron chi connectivity index (χ3n) is 6.47. The predicted octanol–water partition coefficient (Wildman–Crippen LogP) is 3.50. The Labute approximate surface area is 218 Å². The second-order valence-corrected chi connectivity index (χ2v) is 10.9. The number of carbonyl (C=O) groups excluding carboxylic acids is 1. The van der Waals surface area contributed by atoms with Crippen molar-refractivity contribution >= 4 is 17.7 Å². The van der Waals surface area contributed by atoms with Crippen LogP contribution in [0.4, 0.5) is 0 Å². The number of nitrogens with two attached hydrogens (primary N) is 1. The van der Waals surface area contributed by atoms with Crippen molar-refractivity contribution in [3.05, 3.63) is 59.7 Å². The van der Waals surface area contributed by atoms with E-state index in [1.807, 2.05) is 30.8 Å². The number of nitrogens with one attached hydrogen (secondary N) is 1. The van der Waals surface area contributed by atoms with Gasteiger partial charge in [0.25, 0.3) is 5.91 Å². The number of rotatable bonds is 12. The number of ether oxygens (including phenoxy) is 2. The highest BCUT2D eigenvalue weighted by Crippen LogP contribution is 2.32. The smallest absolute Gasteiger partial charge is 0.251 e. The average Bonchev–Trinajstić information content (AvgIpc) is 2.86. The van der Waals surface area contributed by atoms with Crippen molar-refractivity contribution in [3.63, 3.8) is 0 Å². The van der Waals surface area contributed by atoms with Crippen LogP contribution in [0, 0.1) is 6.92 Å². The van der Waals surface area contributed by atoms with Gasteiger partial charge in [-0.15, -0.1) is 0 Å². The zero-order valence-electron chi connectivity index (χ0n) is 21.5. The van der Waals surface area contributed by atoms with Crippen molar-refractivity contribution in [3.8, 4) is 11.1 Å². The van der Waals surface area contributed by atoms with Crippen molar-refractivity contribution in [2.24, 2.45) is 5.73 Å². The molecule has 1 fully saturated rings. The number of aliphatic hydroxyl groups excluding tert-OH is 2. The molecule has 8 heteroatoms. The normalized spacial score (nSPS) is 24.9. The monoisotopic (exact) mass is 516 g/mol. The Morgan fingerprint density at radius 2 is 1.86 bits per heavy atom. The number of carbonyl (C=O) groups is 1. The van der Waals surface area contributed by atoms with Gasteiger partial charge in [0, 0.05) is 18.5 Å². The number of hydrogen-bond acceptors (Lipinski definition) is 7. The van der Waals surface area contributed by atoms with Gasteiger partial charge in [-0.3, -0.25) is 4.79 Å². The van der Waals surface area contributed by atoms with Gasteiger partial charge in [0.15, 0.2) is 5.79 Å². The van der Waals surface area contributed by atoms with Crippen LogP contribution in [0.25, 0.3) is 11.1 Å². The Bertz CT molecular complexity index is 955. The molecule has 3 unspecified atom stereocenters. The zero-order chi connectivity index (χ0) is 26.1. The van der Waals surface area contributed by atoms with E-state index in [-0.39, 0.29) is 25.3 Å². The highest BCUT2D eigenvalue weighted by atomic mass is 32.2. The van der Waals surface area contributed by atoms with Crippen molar-refractivity contribution < 1.29 is 24.5 Å². The third-order valence-corrected chi connectivity index (χ3v) is 7.46. The summed E-state index contributed by atoms with van der Waals surface area (Å²) in [7, 11) is 0. The van der Waals surface area contributed by atoms with Gasteiger partial charge in [-0.1, -0.05) is 48.9 Å². The molecule has 1 aliphatic rings. The molecule has 3 rings (SSSR count). The minimum Gasteiger partial charge on any atom is -0.391 e. The molecular formula is C28H40N2O5S. The fourth-order valence-electron chi connectivity index (χ4n) is 4.33. The summed E-state index contributed by atoms with van der Waals surface area (Å²) < 4.78 is 12.0. The number of amides is 1. The Kier molecular flexibility index (Phi) is 10.8. The maximum Gasteiger partial charge on any atom is 0.251 e. The Hall–Kier alpha value is -1.94. The van der Waals surface area contributed by atoms with Crippen LogP contribution in [0.1, 0.15) is 49.0 Å². The van der Waals surface area contributed by atoms with Crippen LogP contribution in [-0.4, -0.2) is 70.9 Å². The van der Waals surface area contributed by atoms with Crippen molar-refractivity contribution in [1.82, 2.24) is 5.32 Å². The summed E-state index contributed by atoms with van der Waals surface area (Å²) >= 11 is 1.84. The molecular weight excluding hydrogens is 476 g/mol. The third kappa shape index (κ3) is 8.03. The Morgan fingerprint density at radius 3 is 2.50 bits per heavy atom. The van der Waals surface area contributed by atoms with Gasteiger partial charge in [-0.2, -0.15) is 11.8 Å². The molecule has 36 heavy (non-hydrogen) atoms. The van der Waals surface area contributed by atoms with E-state index in [0.717, 1.165) is 29.1 Å². The quantitative estimate of drug-likeness (QED) is 0.319. The summed E-state index contributed by atoms with van der Waals surface area (Å²) in [5.74, 6) is 0.824. The maximum atomic E-state index is 12.6. The fourth-order valence-corrected chi connectivity index (χ4v) is 4.94. The summed E-state index contributed by atoms with van der Waals surface area (Å²) in [6.07, 6.45) is -1.25. The molecule has 0 radical (unpaired) electrons. The first-order valence-corrected chi connectivity index (χ1v) is 13.8. The number of thioether (sulfide) groups is 1. The first-order chi connectivity index (χ1) is 17.2. The molecule has 2 aromatic rings. The molecule has 1 saturated heterocycles. The molecule has 0 spiro atoms. The number of aliphatic hydroxyl groups is 2. The SMILES string of the molecule is CCSCCCO[C@]1(C)CC(O)[C@@H](N)C(C(O)CCNC(=O)c2ccc(-c3ccc(C)cc3)cc2)O1. The largest absolute Gasteiger partial charge is 0.391 e. The lowest BCUT2D eigenvalue weighted by Gasteiger charge is -2.45. The van der Waals surface area contributed by atoms with E-state index in [4.69, 9.17) is 15.2 Å². The second kappa shape index (κ2) is 13.6. The van der Waals surface area contributed by atoms with Crippen LogP contribution < -0.4 is 11.1 Å². The molecule has 1 amide bonds. The number of benzene rings is 2. The second-order valence-electron chi connectivity index (χ2n) is 9.52. The van der Waals surface area contributed by atoms with Gasteiger partial charge in [-0.25, -0.2) is 0 Å². The summed E-state index contributed by atoms with van der Waals surface area (Å²) in [5, 5.41) is 24.1. The molecule has 1 aliphatic heterocycles. The highest BCUT2D eigenvalue weighted by Gasteiger charge is 2.45. The van der Waals surface area contributed by atoms with Gasteiger partial charge in [-0.05, 0) is 61.5 Å².